The second-order valence-electron chi connectivity index (χ2n) is 6.53. The lowest BCUT2D eigenvalue weighted by atomic mass is 10.0. The Kier molecular flexibility index (Phi) is 3.56. The van der Waals surface area contributed by atoms with Crippen LogP contribution in [0, 0.1) is 23.7 Å². The summed E-state index contributed by atoms with van der Waals surface area (Å²) in [6.45, 7) is 1.94. The molecule has 0 radical (unpaired) electrons. The quantitative estimate of drug-likeness (QED) is 0.768. The summed E-state index contributed by atoms with van der Waals surface area (Å²) in [6, 6.07) is 13.3. The number of hydrogen-bond donors (Lipinski definition) is 0. The molecule has 1 saturated carbocycles. The minimum absolute atomic E-state index is 0.0889. The van der Waals surface area contributed by atoms with Gasteiger partial charge in [0.25, 0.3) is 0 Å². The first-order valence-corrected chi connectivity index (χ1v) is 9.56. The number of carbonyl (C=O) groups excluding carboxylic acids is 1. The van der Waals surface area contributed by atoms with Gasteiger partial charge >= 0.3 is 0 Å². The third-order valence-electron chi connectivity index (χ3n) is 5.01. The van der Waals surface area contributed by atoms with Gasteiger partial charge in [-0.2, -0.15) is 5.26 Å². The van der Waals surface area contributed by atoms with Gasteiger partial charge in [0.2, 0.25) is 6.79 Å². The monoisotopic (exact) mass is 369 g/mol. The van der Waals surface area contributed by atoms with Gasteiger partial charge in [0, 0.05) is 5.92 Å². The minimum atomic E-state index is -3.85. The van der Waals surface area contributed by atoms with Gasteiger partial charge in [0.05, 0.1) is 11.0 Å². The molecule has 0 aromatic heterocycles. The summed E-state index contributed by atoms with van der Waals surface area (Å²) in [5.41, 5.74) is -0.102. The first-order chi connectivity index (χ1) is 12.4. The first kappa shape index (κ1) is 16.6. The molecule has 0 bridgehead atoms. The lowest BCUT2D eigenvalue weighted by Crippen LogP contribution is -2.16. The van der Waals surface area contributed by atoms with Crippen LogP contribution < -0.4 is 9.47 Å². The summed E-state index contributed by atoms with van der Waals surface area (Å²) in [4.78, 5) is 11.8. The van der Waals surface area contributed by atoms with E-state index in [1.807, 2.05) is 13.0 Å². The molecule has 0 N–H and O–H groups in total. The fourth-order valence-corrected chi connectivity index (χ4v) is 5.78. The zero-order chi connectivity index (χ0) is 18.5. The number of aryl methyl sites for hydroxylation is 1. The molecule has 1 fully saturated rings. The summed E-state index contributed by atoms with van der Waals surface area (Å²) >= 11 is 0. The van der Waals surface area contributed by atoms with Crippen LogP contribution in [0.3, 0.4) is 0 Å². The number of sulfone groups is 1. The average molecular weight is 369 g/mol. The van der Waals surface area contributed by atoms with Gasteiger partial charge < -0.3 is 14.3 Å². The van der Waals surface area contributed by atoms with Crippen molar-refractivity contribution in [1.82, 2.24) is 0 Å². The van der Waals surface area contributed by atoms with Gasteiger partial charge in [-0.05, 0) is 36.8 Å². The van der Waals surface area contributed by atoms with E-state index in [9.17, 15) is 18.5 Å². The van der Waals surface area contributed by atoms with E-state index in [1.165, 1.54) is 12.1 Å². The van der Waals surface area contributed by atoms with Crippen LogP contribution in [-0.4, -0.2) is 26.7 Å². The molecule has 1 heterocycles. The van der Waals surface area contributed by atoms with Gasteiger partial charge in [0.1, 0.15) is 17.0 Å². The largest absolute Gasteiger partial charge is 0.454 e. The fourth-order valence-electron chi connectivity index (χ4n) is 3.54. The Morgan fingerprint density at radius 3 is 2.50 bits per heavy atom. The number of benzene rings is 2. The molecule has 0 amide bonds. The van der Waals surface area contributed by atoms with E-state index in [2.05, 4.69) is 0 Å². The molecular weight excluding hydrogens is 354 g/mol. The molecular formula is C19H15NO5S. The molecule has 3 atom stereocenters. The van der Waals surface area contributed by atoms with Crippen molar-refractivity contribution in [2.24, 2.45) is 5.41 Å². The van der Waals surface area contributed by atoms with Gasteiger partial charge in [0.15, 0.2) is 21.3 Å². The lowest BCUT2D eigenvalue weighted by Gasteiger charge is -2.05. The summed E-state index contributed by atoms with van der Waals surface area (Å²) in [5, 5.41) is 8.48. The summed E-state index contributed by atoms with van der Waals surface area (Å²) in [5.74, 6) is 0.297. The van der Waals surface area contributed by atoms with Crippen LogP contribution in [0.5, 0.6) is 11.5 Å². The predicted molar refractivity (Wildman–Crippen MR) is 91.6 cm³/mol. The van der Waals surface area contributed by atoms with Crippen LogP contribution in [0.4, 0.5) is 0 Å². The Morgan fingerprint density at radius 1 is 1.15 bits per heavy atom. The number of rotatable bonds is 4. The lowest BCUT2D eigenvalue weighted by molar-refractivity contribution is -0.110. The molecule has 1 aliphatic heterocycles. The van der Waals surface area contributed by atoms with Crippen LogP contribution in [-0.2, 0) is 14.6 Å². The molecule has 0 unspecified atom stereocenters. The van der Waals surface area contributed by atoms with E-state index in [0.717, 1.165) is 5.56 Å². The van der Waals surface area contributed by atoms with E-state index in [4.69, 9.17) is 9.47 Å². The second kappa shape index (κ2) is 5.58. The van der Waals surface area contributed by atoms with Crippen molar-refractivity contribution in [3.05, 3.63) is 53.6 Å². The molecule has 132 valence electrons. The topological polar surface area (TPSA) is 93.5 Å². The van der Waals surface area contributed by atoms with E-state index < -0.39 is 26.4 Å². The maximum absolute atomic E-state index is 13.1. The highest BCUT2D eigenvalue weighted by atomic mass is 32.2. The van der Waals surface area contributed by atoms with Gasteiger partial charge in [-0.25, -0.2) is 8.42 Å². The Morgan fingerprint density at radius 2 is 1.85 bits per heavy atom. The number of nitriles is 1. The summed E-state index contributed by atoms with van der Waals surface area (Å²) < 4.78 is 36.8. The van der Waals surface area contributed by atoms with Crippen LogP contribution in [0.1, 0.15) is 17.0 Å². The highest BCUT2D eigenvalue weighted by Gasteiger charge is 2.72. The molecule has 1 aliphatic carbocycles. The Labute approximate surface area is 150 Å². The van der Waals surface area contributed by atoms with Crippen LogP contribution >= 0.6 is 0 Å². The predicted octanol–water partition coefficient (Wildman–Crippen LogP) is 2.37. The number of fused-ring (bicyclic) bond motifs is 1. The first-order valence-electron chi connectivity index (χ1n) is 8.02. The molecule has 0 saturated heterocycles. The zero-order valence-electron chi connectivity index (χ0n) is 13.9. The van der Waals surface area contributed by atoms with Crippen molar-refractivity contribution >= 4 is 16.1 Å². The van der Waals surface area contributed by atoms with Crippen molar-refractivity contribution < 1.29 is 22.7 Å². The van der Waals surface area contributed by atoms with Crippen molar-refractivity contribution in [3.8, 4) is 17.6 Å². The number of nitrogens with zero attached hydrogens (tertiary/aromatic N) is 1. The molecule has 26 heavy (non-hydrogen) atoms. The highest BCUT2D eigenvalue weighted by Crippen LogP contribution is 2.63. The Balaban J connectivity index is 1.79. The van der Waals surface area contributed by atoms with Crippen LogP contribution in [0.2, 0.25) is 0 Å². The maximum atomic E-state index is 13.1. The SMILES string of the molecule is Cc1ccc(S(=O)(=O)[C@H]2[C@H](c3ccc4c(c3)OCO4)[C@@]2(C#N)C=O)cc1. The van der Waals surface area contributed by atoms with Gasteiger partial charge in [-0.1, -0.05) is 23.8 Å². The number of aldehydes is 1. The van der Waals surface area contributed by atoms with E-state index in [1.54, 1.807) is 30.3 Å². The van der Waals surface area contributed by atoms with Crippen LogP contribution in [0.25, 0.3) is 0 Å². The molecule has 4 rings (SSSR count). The van der Waals surface area contributed by atoms with Gasteiger partial charge in [-0.15, -0.1) is 0 Å². The van der Waals surface area contributed by atoms with Gasteiger partial charge in [-0.3, -0.25) is 0 Å². The third kappa shape index (κ3) is 2.22. The molecule has 0 spiro atoms. The minimum Gasteiger partial charge on any atom is -0.454 e. The van der Waals surface area contributed by atoms with E-state index in [-0.39, 0.29) is 11.7 Å². The van der Waals surface area contributed by atoms with Crippen molar-refractivity contribution in [2.45, 2.75) is 23.0 Å². The smallest absolute Gasteiger partial charge is 0.231 e. The molecule has 2 aromatic carbocycles. The van der Waals surface area contributed by atoms with Crippen molar-refractivity contribution in [3.63, 3.8) is 0 Å². The number of ether oxygens (including phenoxy) is 2. The van der Waals surface area contributed by atoms with Crippen molar-refractivity contribution in [1.29, 1.82) is 5.26 Å². The standard InChI is InChI=1S/C19H15NO5S/c1-12-2-5-14(6-3-12)26(22,23)18-17(19(18,9-20)10-21)13-4-7-15-16(8-13)25-11-24-15/h2-8,10,17-18H,11H2,1H3/t17-,18-,19+/m0/s1. The zero-order valence-corrected chi connectivity index (χ0v) is 14.7. The Bertz CT molecular complexity index is 1040. The maximum Gasteiger partial charge on any atom is 0.231 e. The average Bonchev–Trinajstić information content (AvgIpc) is 3.12. The number of carbonyl (C=O) groups is 1. The summed E-state index contributed by atoms with van der Waals surface area (Å²) in [7, 11) is -3.85. The normalized spacial score (nSPS) is 26.2. The molecule has 2 aromatic rings. The number of hydrogen-bond acceptors (Lipinski definition) is 6. The van der Waals surface area contributed by atoms with Crippen molar-refractivity contribution in [2.75, 3.05) is 6.79 Å². The molecule has 7 heteroatoms. The van der Waals surface area contributed by atoms with E-state index >= 15 is 0 Å². The second-order valence-corrected chi connectivity index (χ2v) is 8.60. The fraction of sp³-hybridized carbons (Fsp3) is 0.263. The molecule has 2 aliphatic rings. The van der Waals surface area contributed by atoms with Crippen LogP contribution in [0.15, 0.2) is 47.4 Å². The Hall–Kier alpha value is -2.85. The highest BCUT2D eigenvalue weighted by molar-refractivity contribution is 7.92. The van der Waals surface area contributed by atoms with E-state index in [0.29, 0.717) is 23.3 Å². The molecule has 6 nitrogen and oxygen atoms in total. The third-order valence-corrected chi connectivity index (χ3v) is 7.27. The summed E-state index contributed by atoms with van der Waals surface area (Å²) in [6.07, 6.45) is 0.457.